The van der Waals surface area contributed by atoms with Crippen LogP contribution >= 0.6 is 0 Å². The van der Waals surface area contributed by atoms with Gasteiger partial charge in [-0.2, -0.15) is 0 Å². The molecule has 3 aliphatic rings. The van der Waals surface area contributed by atoms with Gasteiger partial charge in [-0.3, -0.25) is 14.6 Å². The van der Waals surface area contributed by atoms with Gasteiger partial charge in [0.1, 0.15) is 5.82 Å². The molecule has 1 aromatic heterocycles. The van der Waals surface area contributed by atoms with Crippen LogP contribution in [0.1, 0.15) is 216 Å². The van der Waals surface area contributed by atoms with E-state index in [4.69, 9.17) is 0 Å². The number of nitrogens with zero attached hydrogens (tertiary/aromatic N) is 4. The number of amides is 2. The van der Waals surface area contributed by atoms with E-state index in [1.54, 1.807) is 6.92 Å². The normalized spacial score (nSPS) is 14.7. The van der Waals surface area contributed by atoms with Gasteiger partial charge in [-0.05, 0) is 200 Å². The molecule has 1 saturated carbocycles. The maximum atomic E-state index is 13.5. The zero-order valence-corrected chi connectivity index (χ0v) is 56.8. The van der Waals surface area contributed by atoms with Gasteiger partial charge in [0.15, 0.2) is 5.78 Å². The van der Waals surface area contributed by atoms with Crippen molar-refractivity contribution in [2.45, 2.75) is 206 Å². The number of benzene rings is 2. The monoisotopic (exact) mass is 1130 g/mol. The zero-order chi connectivity index (χ0) is 59.2. The van der Waals surface area contributed by atoms with E-state index in [1.165, 1.54) is 74.4 Å². The Morgan fingerprint density at radius 1 is 0.938 bits per heavy atom. The minimum Gasteiger partial charge on any atom is -0.653 e. The number of anilines is 2. The summed E-state index contributed by atoms with van der Waals surface area (Å²) in [6.07, 6.45) is 26.9. The molecule has 3 N–H and O–H groups in total. The van der Waals surface area contributed by atoms with E-state index in [2.05, 4.69) is 163 Å². The molecule has 12 heteroatoms. The molecule has 6 rings (SSSR count). The maximum absolute atomic E-state index is 13.5. The number of rotatable bonds is 25. The summed E-state index contributed by atoms with van der Waals surface area (Å²) in [7, 11) is 4.03. The first kappa shape index (κ1) is 74.3. The van der Waals surface area contributed by atoms with Crippen LogP contribution in [0.3, 0.4) is 0 Å². The first-order valence-electron chi connectivity index (χ1n) is 30.3. The fourth-order valence-electron chi connectivity index (χ4n) is 10.3. The Kier molecular flexibility index (Phi) is 36.8. The van der Waals surface area contributed by atoms with Crippen molar-refractivity contribution in [1.29, 1.82) is 0 Å². The Morgan fingerprint density at radius 2 is 1.59 bits per heavy atom. The molecule has 2 amide bonds. The summed E-state index contributed by atoms with van der Waals surface area (Å²) in [5.41, 5.74) is 13.4. The summed E-state index contributed by atoms with van der Waals surface area (Å²) in [5.74, 6) is 1.42. The minimum atomic E-state index is -0.299. The number of aryl methyl sites for hydroxylation is 4. The molecule has 0 bridgehead atoms. The van der Waals surface area contributed by atoms with Gasteiger partial charge in [-0.25, -0.2) is 4.39 Å². The van der Waals surface area contributed by atoms with Crippen molar-refractivity contribution in [2.24, 2.45) is 11.8 Å². The maximum Gasteiger partial charge on any atom is 1.00 e. The summed E-state index contributed by atoms with van der Waals surface area (Å²) < 4.78 is 13.5. The van der Waals surface area contributed by atoms with Gasteiger partial charge in [-0.15, -0.1) is 6.54 Å². The summed E-state index contributed by atoms with van der Waals surface area (Å²) in [5, 5.41) is 13.1. The number of halogens is 1. The van der Waals surface area contributed by atoms with E-state index in [0.29, 0.717) is 30.0 Å². The second-order valence-corrected chi connectivity index (χ2v) is 21.9. The van der Waals surface area contributed by atoms with Crippen LogP contribution in [0.15, 0.2) is 72.2 Å². The van der Waals surface area contributed by atoms with Crippen molar-refractivity contribution < 1.29 is 70.2 Å². The van der Waals surface area contributed by atoms with E-state index in [1.807, 2.05) is 52.2 Å². The van der Waals surface area contributed by atoms with Crippen LogP contribution in [0.2, 0.25) is 0 Å². The number of ketones is 1. The standard InChI is InChI=1S/C35H50N4O.C15H33N.C12H12FNO.C4H7NO.C2H6.K/c1-11-37-17-14-30(35-26(5)22-31(29(8)40)23-27(35)6)13-12-25(4)21-33-28(7)38-18-15-34(33)39(10)19-16-32(36-9)20-24(2)3;1-6-10-15(11-7-2)13-16(12-8-3)14(5)9-4;1-2-7-5-8-10(6-9(7)13)14-11(15)12(8)3-4-12;6-4-2-1-3-5-4;1-2;/h14-16,18-24,36-37H,11-13,17H2,1-10H3;14-15H,6-13H2,1-5H3;5-6H,2-4H2,1H3,(H,14,15);1-3H2,(H,5,6);1-2H3;/q;;;;;+1/p-1/b19-16-,25-21+,30-14+,32-20+;;;;;. The molecule has 1 atom stereocenters. The quantitative estimate of drug-likeness (QED) is 0.0332. The van der Waals surface area contributed by atoms with Crippen LogP contribution in [0.5, 0.6) is 0 Å². The largest absolute Gasteiger partial charge is 1.00 e. The van der Waals surface area contributed by atoms with Crippen LogP contribution in [-0.4, -0.2) is 80.3 Å². The van der Waals surface area contributed by atoms with Crippen molar-refractivity contribution >= 4 is 40.6 Å². The topological polar surface area (TPSA) is 121 Å². The molecule has 1 spiro atoms. The van der Waals surface area contributed by atoms with E-state index in [9.17, 15) is 18.8 Å². The Hall–Kier alpha value is -3.75. The van der Waals surface area contributed by atoms with Gasteiger partial charge in [0, 0.05) is 73.8 Å². The van der Waals surface area contributed by atoms with Crippen molar-refractivity contribution in [3.05, 3.63) is 128 Å². The number of carbonyl (C=O) groups is 3. The van der Waals surface area contributed by atoms with E-state index in [0.717, 1.165) is 109 Å². The predicted octanol–water partition coefficient (Wildman–Crippen LogP) is 13.6. The summed E-state index contributed by atoms with van der Waals surface area (Å²) in [6.45, 7) is 39.3. The third-order valence-electron chi connectivity index (χ3n) is 15.0. The third kappa shape index (κ3) is 24.2. The van der Waals surface area contributed by atoms with Crippen molar-refractivity contribution in [1.82, 2.24) is 20.5 Å². The Labute approximate surface area is 529 Å². The molecule has 80 heavy (non-hydrogen) atoms. The second kappa shape index (κ2) is 39.7. The van der Waals surface area contributed by atoms with Crippen LogP contribution < -0.4 is 72.2 Å². The smallest absolute Gasteiger partial charge is 0.653 e. The fraction of sp³-hybridized carbons (Fsp3) is 0.588. The molecule has 1 aliphatic carbocycles. The molecule has 10 nitrogen and oxygen atoms in total. The molecule has 3 heterocycles. The van der Waals surface area contributed by atoms with Crippen LogP contribution in [0.4, 0.5) is 15.8 Å². The van der Waals surface area contributed by atoms with Gasteiger partial charge >= 0.3 is 51.4 Å². The first-order valence-corrected chi connectivity index (χ1v) is 30.3. The average Bonchev–Trinajstić information content (AvgIpc) is 4.06. The number of hydrogen-bond donors (Lipinski definition) is 3. The molecule has 1 saturated heterocycles. The average molecular weight is 1130 g/mol. The fourth-order valence-corrected chi connectivity index (χ4v) is 10.3. The SMILES string of the molecule is CC.CCCC(CCC)CN(CCC)C(C)CC.CCNC/C=C(\CC/C(C)=C/c1c(N(C)/C=C\C(=C/C(C)C)NC)ccnc1C)c1c(C)cc(C(C)=O)cc1C.CCc1cc2c(cc1F)NC(=O)C21CC1.O=C1CCC[N-]1.[K+]. The van der Waals surface area contributed by atoms with E-state index in [-0.39, 0.29) is 80.2 Å². The van der Waals surface area contributed by atoms with Gasteiger partial charge < -0.3 is 35.9 Å². The molecular weight excluding hydrogens is 1020 g/mol. The summed E-state index contributed by atoms with van der Waals surface area (Å²) in [4.78, 5) is 43.2. The van der Waals surface area contributed by atoms with E-state index < -0.39 is 0 Å². The van der Waals surface area contributed by atoms with Crippen LogP contribution in [0, 0.1) is 38.4 Å². The Morgan fingerprint density at radius 3 is 2.08 bits per heavy atom. The van der Waals surface area contributed by atoms with Crippen LogP contribution in [0.25, 0.3) is 17.0 Å². The predicted molar refractivity (Wildman–Crippen MR) is 338 cm³/mol. The Balaban J connectivity index is 0.000000646. The molecular formula is C68H107FKN7O3. The number of hydrogen-bond acceptors (Lipinski definition) is 8. The number of nitrogens with one attached hydrogen (secondary N) is 3. The summed E-state index contributed by atoms with van der Waals surface area (Å²) >= 11 is 0. The zero-order valence-electron chi connectivity index (χ0n) is 53.7. The molecule has 1 unspecified atom stereocenters. The van der Waals surface area contributed by atoms with Crippen molar-refractivity contribution in [2.75, 3.05) is 57.0 Å². The number of likely N-dealkylation sites (N-methyl/N-ethyl adjacent to an activating group) is 2. The number of carbonyl (C=O) groups excluding carboxylic acids is 3. The van der Waals surface area contributed by atoms with Gasteiger partial charge in [-0.1, -0.05) is 112 Å². The second-order valence-electron chi connectivity index (χ2n) is 21.9. The van der Waals surface area contributed by atoms with Crippen molar-refractivity contribution in [3.63, 3.8) is 0 Å². The molecule has 3 aromatic rings. The molecule has 2 fully saturated rings. The van der Waals surface area contributed by atoms with Gasteiger partial charge in [0.25, 0.3) is 0 Å². The third-order valence-corrected chi connectivity index (χ3v) is 15.0. The van der Waals surface area contributed by atoms with E-state index >= 15 is 0 Å². The molecule has 2 aliphatic heterocycles. The number of Topliss-reactive ketones (excluding diaryl/α,β-unsaturated/α-hetero) is 1. The van der Waals surface area contributed by atoms with Gasteiger partial charge in [0.2, 0.25) is 5.91 Å². The summed E-state index contributed by atoms with van der Waals surface area (Å²) in [6, 6.07) is 10.2. The van der Waals surface area contributed by atoms with Gasteiger partial charge in [0.05, 0.1) is 17.0 Å². The number of allylic oxidation sites excluding steroid dienone is 4. The number of pyridine rings is 1. The van der Waals surface area contributed by atoms with Crippen LogP contribution in [-0.2, 0) is 21.4 Å². The number of aromatic nitrogens is 1. The Bertz CT molecular complexity index is 2450. The molecule has 2 aromatic carbocycles. The minimum absolute atomic E-state index is 0. The van der Waals surface area contributed by atoms with Crippen molar-refractivity contribution in [3.8, 4) is 0 Å². The molecule has 440 valence electrons. The molecule has 0 radical (unpaired) electrons. The first-order chi connectivity index (χ1) is 37.7. The number of fused-ring (bicyclic) bond motifs is 2.